The fraction of sp³-hybridized carbons (Fsp3) is 0.267. The van der Waals surface area contributed by atoms with Crippen LogP contribution in [0.5, 0.6) is 5.88 Å². The summed E-state index contributed by atoms with van der Waals surface area (Å²) >= 11 is 9.57. The molecule has 4 nitrogen and oxygen atoms in total. The average Bonchev–Trinajstić information content (AvgIpc) is 2.43. The molecular weight excluding hydrogens is 354 g/mol. The van der Waals surface area contributed by atoms with Crippen molar-refractivity contribution in [2.24, 2.45) is 5.92 Å². The molecule has 0 radical (unpaired) electrons. The lowest BCUT2D eigenvalue weighted by Crippen LogP contribution is -2.08. The van der Waals surface area contributed by atoms with Crippen LogP contribution in [0.4, 0.5) is 17.2 Å². The van der Waals surface area contributed by atoms with Gasteiger partial charge in [0, 0.05) is 4.47 Å². The zero-order valence-corrected chi connectivity index (χ0v) is 14.2. The van der Waals surface area contributed by atoms with Crippen LogP contribution in [0.3, 0.4) is 0 Å². The van der Waals surface area contributed by atoms with E-state index >= 15 is 0 Å². The van der Waals surface area contributed by atoms with Crippen molar-refractivity contribution in [3.8, 4) is 5.88 Å². The van der Waals surface area contributed by atoms with E-state index in [0.29, 0.717) is 34.9 Å². The van der Waals surface area contributed by atoms with E-state index in [1.807, 2.05) is 12.1 Å². The minimum atomic E-state index is 0.405. The summed E-state index contributed by atoms with van der Waals surface area (Å²) in [5, 5.41) is 3.77. The van der Waals surface area contributed by atoms with Gasteiger partial charge in [0.2, 0.25) is 5.88 Å². The van der Waals surface area contributed by atoms with Gasteiger partial charge < -0.3 is 15.8 Å². The van der Waals surface area contributed by atoms with E-state index in [-0.39, 0.29) is 0 Å². The number of halogens is 2. The molecule has 112 valence electrons. The Bertz CT molecular complexity index is 634. The molecule has 0 saturated carbocycles. The number of nitrogens with two attached hydrogens (primary N) is 1. The van der Waals surface area contributed by atoms with Crippen molar-refractivity contribution in [3.05, 3.63) is 39.8 Å². The summed E-state index contributed by atoms with van der Waals surface area (Å²) in [6.07, 6.45) is 0. The fourth-order valence-electron chi connectivity index (χ4n) is 1.61. The van der Waals surface area contributed by atoms with Crippen LogP contribution in [0.2, 0.25) is 5.02 Å². The molecule has 0 spiro atoms. The molecule has 1 heterocycles. The molecule has 0 unspecified atom stereocenters. The van der Waals surface area contributed by atoms with Gasteiger partial charge in [0.1, 0.15) is 5.82 Å². The minimum Gasteiger partial charge on any atom is -0.476 e. The van der Waals surface area contributed by atoms with E-state index in [1.165, 1.54) is 0 Å². The number of pyridine rings is 1. The van der Waals surface area contributed by atoms with E-state index in [9.17, 15) is 0 Å². The predicted octanol–water partition coefficient (Wildman–Crippen LogP) is 4.86. The molecule has 0 bridgehead atoms. The summed E-state index contributed by atoms with van der Waals surface area (Å²) < 4.78 is 6.54. The van der Waals surface area contributed by atoms with Gasteiger partial charge in [0.05, 0.1) is 23.0 Å². The highest BCUT2D eigenvalue weighted by atomic mass is 79.9. The Kier molecular flexibility index (Phi) is 5.31. The lowest BCUT2D eigenvalue weighted by molar-refractivity contribution is 0.263. The van der Waals surface area contributed by atoms with Crippen LogP contribution < -0.4 is 15.8 Å². The Hall–Kier alpha value is -1.46. The first-order valence-corrected chi connectivity index (χ1v) is 7.74. The van der Waals surface area contributed by atoms with Gasteiger partial charge in [0.25, 0.3) is 0 Å². The third kappa shape index (κ3) is 4.51. The van der Waals surface area contributed by atoms with E-state index in [1.54, 1.807) is 18.2 Å². The molecule has 0 aliphatic rings. The van der Waals surface area contributed by atoms with Gasteiger partial charge in [-0.1, -0.05) is 41.4 Å². The second-order valence-corrected chi connectivity index (χ2v) is 6.37. The highest BCUT2D eigenvalue weighted by Gasteiger charge is 2.08. The standard InChI is InChI=1S/C15H17BrClN3O/c1-9(2)8-21-15-12(18)5-6-14(20-15)19-13-7-10(16)3-4-11(13)17/h3-7,9H,8,18H2,1-2H3,(H,19,20). The number of hydrogen-bond donors (Lipinski definition) is 2. The van der Waals surface area contributed by atoms with Crippen LogP contribution >= 0.6 is 27.5 Å². The number of ether oxygens (including phenoxy) is 1. The number of nitrogens with one attached hydrogen (secondary N) is 1. The van der Waals surface area contributed by atoms with E-state index in [4.69, 9.17) is 22.1 Å². The first kappa shape index (κ1) is 15.9. The molecule has 6 heteroatoms. The molecule has 2 aromatic rings. The van der Waals surface area contributed by atoms with Crippen molar-refractivity contribution in [1.82, 2.24) is 4.98 Å². The quantitative estimate of drug-likeness (QED) is 0.789. The normalized spacial score (nSPS) is 10.7. The molecule has 0 fully saturated rings. The van der Waals surface area contributed by atoms with Gasteiger partial charge in [-0.15, -0.1) is 0 Å². The first-order chi connectivity index (χ1) is 9.95. The van der Waals surface area contributed by atoms with Gasteiger partial charge in [-0.25, -0.2) is 0 Å². The smallest absolute Gasteiger partial charge is 0.239 e. The molecule has 0 aliphatic heterocycles. The summed E-state index contributed by atoms with van der Waals surface area (Å²) in [6.45, 7) is 4.71. The molecular formula is C15H17BrClN3O. The van der Waals surface area contributed by atoms with Crippen LogP contribution in [0.15, 0.2) is 34.8 Å². The zero-order valence-electron chi connectivity index (χ0n) is 11.9. The van der Waals surface area contributed by atoms with Crippen LogP contribution in [-0.2, 0) is 0 Å². The van der Waals surface area contributed by atoms with Crippen LogP contribution in [0, 0.1) is 5.92 Å². The fourth-order valence-corrected chi connectivity index (χ4v) is 2.14. The summed E-state index contributed by atoms with van der Waals surface area (Å²) in [6, 6.07) is 9.11. The van der Waals surface area contributed by atoms with Gasteiger partial charge in [-0.05, 0) is 36.2 Å². The molecule has 0 saturated heterocycles. The topological polar surface area (TPSA) is 60.2 Å². The molecule has 3 N–H and O–H groups in total. The number of nitrogens with zero attached hydrogens (tertiary/aromatic N) is 1. The van der Waals surface area contributed by atoms with Gasteiger partial charge >= 0.3 is 0 Å². The van der Waals surface area contributed by atoms with Crippen LogP contribution in [-0.4, -0.2) is 11.6 Å². The molecule has 1 aromatic heterocycles. The number of benzene rings is 1. The Morgan fingerprint density at radius 3 is 2.81 bits per heavy atom. The Balaban J connectivity index is 2.20. The monoisotopic (exact) mass is 369 g/mol. The third-order valence-corrected chi connectivity index (χ3v) is 3.46. The summed E-state index contributed by atoms with van der Waals surface area (Å²) in [5.41, 5.74) is 7.15. The van der Waals surface area contributed by atoms with E-state index < -0.39 is 0 Å². The van der Waals surface area contributed by atoms with Crippen molar-refractivity contribution < 1.29 is 4.74 Å². The number of anilines is 3. The van der Waals surface area contributed by atoms with Crippen molar-refractivity contribution in [2.75, 3.05) is 17.7 Å². The van der Waals surface area contributed by atoms with Gasteiger partial charge in [-0.2, -0.15) is 4.98 Å². The number of aromatic nitrogens is 1. The molecule has 0 aliphatic carbocycles. The molecule has 2 rings (SSSR count). The van der Waals surface area contributed by atoms with Crippen molar-refractivity contribution in [3.63, 3.8) is 0 Å². The maximum atomic E-state index is 6.15. The highest BCUT2D eigenvalue weighted by Crippen LogP contribution is 2.29. The molecule has 21 heavy (non-hydrogen) atoms. The first-order valence-electron chi connectivity index (χ1n) is 6.57. The summed E-state index contributed by atoms with van der Waals surface area (Å²) in [4.78, 5) is 4.38. The average molecular weight is 371 g/mol. The van der Waals surface area contributed by atoms with Crippen molar-refractivity contribution >= 4 is 44.7 Å². The van der Waals surface area contributed by atoms with Crippen molar-refractivity contribution in [1.29, 1.82) is 0 Å². The molecule has 0 amide bonds. The number of hydrogen-bond acceptors (Lipinski definition) is 4. The van der Waals surface area contributed by atoms with E-state index in [0.717, 1.165) is 10.2 Å². The summed E-state index contributed by atoms with van der Waals surface area (Å²) in [7, 11) is 0. The van der Waals surface area contributed by atoms with Gasteiger partial charge in [-0.3, -0.25) is 0 Å². The number of rotatable bonds is 5. The largest absolute Gasteiger partial charge is 0.476 e. The molecule has 1 aromatic carbocycles. The second-order valence-electron chi connectivity index (χ2n) is 5.04. The lowest BCUT2D eigenvalue weighted by atomic mass is 10.2. The highest BCUT2D eigenvalue weighted by molar-refractivity contribution is 9.10. The molecule has 0 atom stereocenters. The van der Waals surface area contributed by atoms with Crippen LogP contribution in [0.1, 0.15) is 13.8 Å². The van der Waals surface area contributed by atoms with Crippen molar-refractivity contribution in [2.45, 2.75) is 13.8 Å². The Labute approximate surface area is 137 Å². The Morgan fingerprint density at radius 2 is 2.10 bits per heavy atom. The SMILES string of the molecule is CC(C)COc1nc(Nc2cc(Br)ccc2Cl)ccc1N. The Morgan fingerprint density at radius 1 is 1.33 bits per heavy atom. The number of nitrogen functional groups attached to an aromatic ring is 1. The maximum Gasteiger partial charge on any atom is 0.239 e. The van der Waals surface area contributed by atoms with E-state index in [2.05, 4.69) is 40.1 Å². The minimum absolute atomic E-state index is 0.405. The van der Waals surface area contributed by atoms with Gasteiger partial charge in [0.15, 0.2) is 0 Å². The maximum absolute atomic E-state index is 6.15. The predicted molar refractivity (Wildman–Crippen MR) is 91.4 cm³/mol. The van der Waals surface area contributed by atoms with Crippen LogP contribution in [0.25, 0.3) is 0 Å². The lowest BCUT2D eigenvalue weighted by Gasteiger charge is -2.13. The third-order valence-electron chi connectivity index (χ3n) is 2.63. The second kappa shape index (κ2) is 7.00. The zero-order chi connectivity index (χ0) is 15.4. The summed E-state index contributed by atoms with van der Waals surface area (Å²) in [5.74, 6) is 1.46.